The topological polar surface area (TPSA) is 84.9 Å². The number of methoxy groups -OCH3 is 1. The molecular weight excluding hydrogens is 476 g/mol. The second-order valence-electron chi connectivity index (χ2n) is 7.59. The number of ether oxygens (including phenoxy) is 2. The van der Waals surface area contributed by atoms with E-state index in [1.165, 1.54) is 30.9 Å². The van der Waals surface area contributed by atoms with Gasteiger partial charge in [0.1, 0.15) is 24.7 Å². The highest BCUT2D eigenvalue weighted by atomic mass is 35.5. The van der Waals surface area contributed by atoms with Gasteiger partial charge in [-0.3, -0.25) is 9.10 Å². The number of nitrogens with one attached hydrogen (secondary N) is 1. The average molecular weight is 503 g/mol. The van der Waals surface area contributed by atoms with Gasteiger partial charge in [0.15, 0.2) is 0 Å². The van der Waals surface area contributed by atoms with Gasteiger partial charge in [0, 0.05) is 0 Å². The van der Waals surface area contributed by atoms with Crippen molar-refractivity contribution in [3.63, 3.8) is 0 Å². The summed E-state index contributed by atoms with van der Waals surface area (Å²) in [5.74, 6) is 0.629. The molecule has 7 nitrogen and oxygen atoms in total. The van der Waals surface area contributed by atoms with Crippen LogP contribution in [0.25, 0.3) is 0 Å². The van der Waals surface area contributed by atoms with Crippen LogP contribution in [0.5, 0.6) is 11.5 Å². The fourth-order valence-corrected chi connectivity index (χ4v) is 4.88. The van der Waals surface area contributed by atoms with Crippen molar-refractivity contribution in [1.82, 2.24) is 5.32 Å². The smallest absolute Gasteiger partial charge is 0.264 e. The maximum atomic E-state index is 13.4. The molecule has 0 bridgehead atoms. The van der Waals surface area contributed by atoms with Gasteiger partial charge in [-0.1, -0.05) is 35.9 Å². The zero-order chi connectivity index (χ0) is 24.7. The molecule has 0 saturated heterocycles. The molecule has 0 heterocycles. The minimum Gasteiger partial charge on any atom is -0.495 e. The van der Waals surface area contributed by atoms with E-state index in [0.29, 0.717) is 11.5 Å². The summed E-state index contributed by atoms with van der Waals surface area (Å²) in [6.07, 6.45) is 0. The van der Waals surface area contributed by atoms with Gasteiger partial charge in [0.25, 0.3) is 10.0 Å². The largest absolute Gasteiger partial charge is 0.495 e. The maximum Gasteiger partial charge on any atom is 0.264 e. The Morgan fingerprint density at radius 3 is 2.38 bits per heavy atom. The third-order valence-electron chi connectivity index (χ3n) is 5.21. The van der Waals surface area contributed by atoms with Gasteiger partial charge in [-0.25, -0.2) is 8.42 Å². The van der Waals surface area contributed by atoms with Gasteiger partial charge in [0.2, 0.25) is 5.91 Å². The first-order chi connectivity index (χ1) is 16.2. The molecule has 0 aliphatic rings. The highest BCUT2D eigenvalue weighted by Crippen LogP contribution is 2.31. The molecule has 34 heavy (non-hydrogen) atoms. The van der Waals surface area contributed by atoms with Crippen molar-refractivity contribution in [3.05, 3.63) is 82.9 Å². The minimum absolute atomic E-state index is 0.0628. The van der Waals surface area contributed by atoms with Crippen molar-refractivity contribution in [2.75, 3.05) is 31.1 Å². The number of rotatable bonds is 10. The molecule has 3 aromatic carbocycles. The van der Waals surface area contributed by atoms with Gasteiger partial charge in [-0.2, -0.15) is 0 Å². The van der Waals surface area contributed by atoms with Crippen LogP contribution >= 0.6 is 11.6 Å². The SMILES string of the molecule is COc1ccc(N(CC(=O)NCCOc2ccc(C)c(C)c2)S(=O)(=O)c2ccccc2)cc1Cl. The molecule has 0 aromatic heterocycles. The van der Waals surface area contributed by atoms with E-state index in [9.17, 15) is 13.2 Å². The van der Waals surface area contributed by atoms with Crippen molar-refractivity contribution < 1.29 is 22.7 Å². The zero-order valence-corrected chi connectivity index (χ0v) is 20.8. The normalized spacial score (nSPS) is 11.1. The summed E-state index contributed by atoms with van der Waals surface area (Å²) < 4.78 is 38.6. The molecule has 0 atom stereocenters. The Hall–Kier alpha value is -3.23. The summed E-state index contributed by atoms with van der Waals surface area (Å²) >= 11 is 6.22. The highest BCUT2D eigenvalue weighted by molar-refractivity contribution is 7.92. The number of anilines is 1. The Morgan fingerprint density at radius 1 is 1.00 bits per heavy atom. The number of sulfonamides is 1. The maximum absolute atomic E-state index is 13.4. The fourth-order valence-electron chi connectivity index (χ4n) is 3.19. The lowest BCUT2D eigenvalue weighted by Crippen LogP contribution is -2.41. The third-order valence-corrected chi connectivity index (χ3v) is 7.30. The number of nitrogens with zero attached hydrogens (tertiary/aromatic N) is 1. The Labute approximate surface area is 205 Å². The van der Waals surface area contributed by atoms with Crippen molar-refractivity contribution in [2.24, 2.45) is 0 Å². The molecule has 180 valence electrons. The first kappa shape index (κ1) is 25.4. The lowest BCUT2D eigenvalue weighted by molar-refractivity contribution is -0.119. The highest BCUT2D eigenvalue weighted by Gasteiger charge is 2.27. The van der Waals surface area contributed by atoms with E-state index in [1.54, 1.807) is 30.3 Å². The van der Waals surface area contributed by atoms with Crippen LogP contribution in [0.4, 0.5) is 5.69 Å². The lowest BCUT2D eigenvalue weighted by Gasteiger charge is -2.24. The van der Waals surface area contributed by atoms with Crippen molar-refractivity contribution in [2.45, 2.75) is 18.7 Å². The first-order valence-electron chi connectivity index (χ1n) is 10.6. The average Bonchev–Trinajstić information content (AvgIpc) is 2.83. The molecule has 0 saturated carbocycles. The Bertz CT molecular complexity index is 1250. The van der Waals surface area contributed by atoms with E-state index in [2.05, 4.69) is 5.32 Å². The van der Waals surface area contributed by atoms with E-state index in [0.717, 1.165) is 9.87 Å². The van der Waals surface area contributed by atoms with Crippen molar-refractivity contribution >= 4 is 33.2 Å². The van der Waals surface area contributed by atoms with E-state index in [1.807, 2.05) is 32.0 Å². The predicted octanol–water partition coefficient (Wildman–Crippen LogP) is 4.36. The number of hydrogen-bond donors (Lipinski definition) is 1. The fraction of sp³-hybridized carbons (Fsp3) is 0.240. The number of carbonyl (C=O) groups is 1. The van der Waals surface area contributed by atoms with Gasteiger partial charge in [-0.15, -0.1) is 0 Å². The summed E-state index contributed by atoms with van der Waals surface area (Å²) in [4.78, 5) is 12.8. The monoisotopic (exact) mass is 502 g/mol. The Morgan fingerprint density at radius 2 is 1.74 bits per heavy atom. The van der Waals surface area contributed by atoms with Crippen LogP contribution in [-0.4, -0.2) is 41.1 Å². The van der Waals surface area contributed by atoms with Gasteiger partial charge in [0.05, 0.1) is 29.3 Å². The van der Waals surface area contributed by atoms with E-state index in [4.69, 9.17) is 21.1 Å². The van der Waals surface area contributed by atoms with Crippen LogP contribution < -0.4 is 19.1 Å². The summed E-state index contributed by atoms with van der Waals surface area (Å²) in [5, 5.41) is 2.94. The standard InChI is InChI=1S/C25H27ClN2O5S/c1-18-9-11-21(15-19(18)2)33-14-13-27-25(29)17-28(20-10-12-24(32-3)23(26)16-20)34(30,31)22-7-5-4-6-8-22/h4-12,15-16H,13-14,17H2,1-3H3,(H,27,29). The number of carbonyl (C=O) groups excluding carboxylic acids is 1. The second-order valence-corrected chi connectivity index (χ2v) is 9.86. The molecule has 0 radical (unpaired) electrons. The van der Waals surface area contributed by atoms with E-state index in [-0.39, 0.29) is 28.8 Å². The van der Waals surface area contributed by atoms with E-state index >= 15 is 0 Å². The van der Waals surface area contributed by atoms with Crippen LogP contribution in [0.1, 0.15) is 11.1 Å². The van der Waals surface area contributed by atoms with Gasteiger partial charge >= 0.3 is 0 Å². The van der Waals surface area contributed by atoms with Crippen LogP contribution in [0.2, 0.25) is 5.02 Å². The molecule has 1 amide bonds. The molecule has 0 fully saturated rings. The molecule has 3 rings (SSSR count). The molecule has 0 unspecified atom stereocenters. The molecule has 0 aliphatic heterocycles. The van der Waals surface area contributed by atoms with Gasteiger partial charge in [-0.05, 0) is 67.4 Å². The van der Waals surface area contributed by atoms with E-state index < -0.39 is 22.5 Å². The molecule has 0 aliphatic carbocycles. The molecule has 1 N–H and O–H groups in total. The molecular formula is C25H27ClN2O5S. The van der Waals surface area contributed by atoms with Crippen LogP contribution in [0, 0.1) is 13.8 Å². The summed E-state index contributed by atoms with van der Waals surface area (Å²) in [7, 11) is -2.56. The van der Waals surface area contributed by atoms with Crippen molar-refractivity contribution in [3.8, 4) is 11.5 Å². The van der Waals surface area contributed by atoms with Crippen LogP contribution in [0.3, 0.4) is 0 Å². The number of halogens is 1. The Kier molecular flexibility index (Phi) is 8.41. The number of hydrogen-bond acceptors (Lipinski definition) is 5. The Balaban J connectivity index is 1.72. The first-order valence-corrected chi connectivity index (χ1v) is 12.4. The number of aryl methyl sites for hydroxylation is 2. The summed E-state index contributed by atoms with van der Waals surface area (Å²) in [6, 6.07) is 18.2. The zero-order valence-electron chi connectivity index (χ0n) is 19.2. The third kappa shape index (κ3) is 6.21. The van der Waals surface area contributed by atoms with Crippen LogP contribution in [0.15, 0.2) is 71.6 Å². The van der Waals surface area contributed by atoms with Gasteiger partial charge < -0.3 is 14.8 Å². The predicted molar refractivity (Wildman–Crippen MR) is 133 cm³/mol. The molecule has 0 spiro atoms. The second kappa shape index (κ2) is 11.3. The number of amides is 1. The summed E-state index contributed by atoms with van der Waals surface area (Å²) in [5.41, 5.74) is 2.52. The lowest BCUT2D eigenvalue weighted by atomic mass is 10.1. The van der Waals surface area contributed by atoms with Crippen LogP contribution in [-0.2, 0) is 14.8 Å². The minimum atomic E-state index is -4.03. The number of benzene rings is 3. The van der Waals surface area contributed by atoms with Crippen molar-refractivity contribution in [1.29, 1.82) is 0 Å². The summed E-state index contributed by atoms with van der Waals surface area (Å²) in [6.45, 7) is 4.05. The molecule has 3 aromatic rings. The molecule has 9 heteroatoms. The quantitative estimate of drug-likeness (QED) is 0.416.